The van der Waals surface area contributed by atoms with Crippen LogP contribution in [0, 0.1) is 0 Å². The Morgan fingerprint density at radius 1 is 1.19 bits per heavy atom. The molecule has 2 N–H and O–H groups in total. The van der Waals surface area contributed by atoms with Gasteiger partial charge in [0.15, 0.2) is 0 Å². The van der Waals surface area contributed by atoms with Crippen LogP contribution in [0.5, 0.6) is 5.75 Å². The summed E-state index contributed by atoms with van der Waals surface area (Å²) in [7, 11) is 0. The first kappa shape index (κ1) is 16.3. The lowest BCUT2D eigenvalue weighted by molar-refractivity contribution is 0.191. The Hall–Kier alpha value is -1.10. The lowest BCUT2D eigenvalue weighted by Crippen LogP contribution is -2.25. The molecule has 0 amide bonds. The van der Waals surface area contributed by atoms with Crippen LogP contribution in [-0.4, -0.2) is 30.9 Å². The van der Waals surface area contributed by atoms with Gasteiger partial charge in [0.25, 0.3) is 0 Å². The smallest absolute Gasteiger partial charge is 0.134 e. The molecule has 1 atom stereocenters. The van der Waals surface area contributed by atoms with Gasteiger partial charge in [-0.05, 0) is 59.1 Å². The minimum Gasteiger partial charge on any atom is -0.492 e. The first-order chi connectivity index (χ1) is 10.2. The van der Waals surface area contributed by atoms with Crippen molar-refractivity contribution in [2.75, 3.05) is 19.7 Å². The zero-order valence-corrected chi connectivity index (χ0v) is 13.9. The summed E-state index contributed by atoms with van der Waals surface area (Å²) in [5.74, 6) is 0.894. The van der Waals surface area contributed by atoms with E-state index in [0.717, 1.165) is 29.6 Å². The number of unbranched alkanes of at least 4 members (excludes halogenated alkanes) is 1. The Kier molecular flexibility index (Phi) is 6.49. The monoisotopic (exact) mass is 351 g/mol. The van der Waals surface area contributed by atoms with Crippen LogP contribution in [0.4, 0.5) is 0 Å². The molecule has 21 heavy (non-hydrogen) atoms. The molecule has 1 unspecified atom stereocenters. The Bertz CT molecular complexity index is 572. The van der Waals surface area contributed by atoms with E-state index in [-0.39, 0.29) is 6.10 Å². The van der Waals surface area contributed by atoms with Gasteiger partial charge < -0.3 is 15.2 Å². The van der Waals surface area contributed by atoms with Crippen LogP contribution in [0.3, 0.4) is 0 Å². The van der Waals surface area contributed by atoms with Crippen molar-refractivity contribution in [3.8, 4) is 5.75 Å². The normalized spacial score (nSPS) is 12.5. The average Bonchev–Trinajstić information content (AvgIpc) is 2.48. The Labute approximate surface area is 134 Å². The van der Waals surface area contributed by atoms with Gasteiger partial charge in [-0.2, -0.15) is 0 Å². The molecular formula is C17H22BrNO2. The highest BCUT2D eigenvalue weighted by atomic mass is 79.9. The summed E-state index contributed by atoms with van der Waals surface area (Å²) in [4.78, 5) is 0. The van der Waals surface area contributed by atoms with Crippen LogP contribution in [0.25, 0.3) is 10.8 Å². The Morgan fingerprint density at radius 3 is 2.81 bits per heavy atom. The van der Waals surface area contributed by atoms with E-state index < -0.39 is 0 Å². The molecule has 0 aliphatic carbocycles. The highest BCUT2D eigenvalue weighted by molar-refractivity contribution is 9.10. The number of hydrogen-bond donors (Lipinski definition) is 2. The van der Waals surface area contributed by atoms with E-state index in [1.54, 1.807) is 6.92 Å². The molecule has 0 spiro atoms. The molecule has 0 aliphatic rings. The molecule has 2 aromatic carbocycles. The maximum Gasteiger partial charge on any atom is 0.134 e. The highest BCUT2D eigenvalue weighted by Crippen LogP contribution is 2.33. The van der Waals surface area contributed by atoms with E-state index in [1.807, 2.05) is 18.2 Å². The van der Waals surface area contributed by atoms with Crippen molar-refractivity contribution < 1.29 is 9.84 Å². The fourth-order valence-corrected chi connectivity index (χ4v) is 2.78. The van der Waals surface area contributed by atoms with Gasteiger partial charge in [0.05, 0.1) is 17.2 Å². The number of benzene rings is 2. The van der Waals surface area contributed by atoms with Crippen LogP contribution in [0.2, 0.25) is 0 Å². The molecule has 0 aromatic heterocycles. The van der Waals surface area contributed by atoms with Crippen LogP contribution in [0.15, 0.2) is 40.9 Å². The van der Waals surface area contributed by atoms with E-state index in [2.05, 4.69) is 39.4 Å². The molecule has 0 aliphatic heterocycles. The van der Waals surface area contributed by atoms with Gasteiger partial charge >= 0.3 is 0 Å². The van der Waals surface area contributed by atoms with Crippen molar-refractivity contribution in [2.24, 2.45) is 0 Å². The molecule has 0 radical (unpaired) electrons. The third kappa shape index (κ3) is 4.99. The molecule has 2 aromatic rings. The highest BCUT2D eigenvalue weighted by Gasteiger charge is 2.05. The summed E-state index contributed by atoms with van der Waals surface area (Å²) in [6.45, 7) is 4.05. The number of ether oxygens (including phenoxy) is 1. The zero-order chi connectivity index (χ0) is 15.1. The number of aliphatic hydroxyl groups excluding tert-OH is 1. The second-order valence-electron chi connectivity index (χ2n) is 5.21. The molecule has 114 valence electrons. The van der Waals surface area contributed by atoms with Crippen LogP contribution in [-0.2, 0) is 0 Å². The molecule has 4 heteroatoms. The van der Waals surface area contributed by atoms with Crippen LogP contribution < -0.4 is 10.1 Å². The number of aliphatic hydroxyl groups is 1. The second kappa shape index (κ2) is 8.37. The van der Waals surface area contributed by atoms with Crippen LogP contribution >= 0.6 is 15.9 Å². The number of hydrogen-bond acceptors (Lipinski definition) is 3. The fourth-order valence-electron chi connectivity index (χ4n) is 2.17. The van der Waals surface area contributed by atoms with Crippen molar-refractivity contribution in [3.63, 3.8) is 0 Å². The van der Waals surface area contributed by atoms with E-state index >= 15 is 0 Å². The van der Waals surface area contributed by atoms with Crippen molar-refractivity contribution in [1.29, 1.82) is 0 Å². The van der Waals surface area contributed by atoms with E-state index in [9.17, 15) is 0 Å². The lowest BCUT2D eigenvalue weighted by atomic mass is 10.1. The van der Waals surface area contributed by atoms with E-state index in [0.29, 0.717) is 13.2 Å². The predicted molar refractivity (Wildman–Crippen MR) is 90.9 cm³/mol. The summed E-state index contributed by atoms with van der Waals surface area (Å²) >= 11 is 3.63. The zero-order valence-electron chi connectivity index (χ0n) is 12.3. The summed E-state index contributed by atoms with van der Waals surface area (Å²) in [6, 6.07) is 12.3. The van der Waals surface area contributed by atoms with Gasteiger partial charge in [0.1, 0.15) is 5.75 Å². The summed E-state index contributed by atoms with van der Waals surface area (Å²) in [5.41, 5.74) is 0. The third-order valence-electron chi connectivity index (χ3n) is 3.27. The maximum absolute atomic E-state index is 9.13. The van der Waals surface area contributed by atoms with E-state index in [1.165, 1.54) is 10.8 Å². The number of fused-ring (bicyclic) bond motifs is 1. The minimum absolute atomic E-state index is 0.283. The first-order valence-corrected chi connectivity index (χ1v) is 8.16. The summed E-state index contributed by atoms with van der Waals surface area (Å²) in [6.07, 6.45) is 1.75. The van der Waals surface area contributed by atoms with Gasteiger partial charge in [0.2, 0.25) is 0 Å². The minimum atomic E-state index is -0.283. The maximum atomic E-state index is 9.13. The molecule has 3 nitrogen and oxygen atoms in total. The van der Waals surface area contributed by atoms with Gasteiger partial charge in [0, 0.05) is 6.54 Å². The van der Waals surface area contributed by atoms with Crippen molar-refractivity contribution >= 4 is 26.7 Å². The quantitative estimate of drug-likeness (QED) is 0.712. The number of rotatable bonds is 8. The average molecular weight is 352 g/mol. The van der Waals surface area contributed by atoms with Crippen LogP contribution in [0.1, 0.15) is 19.8 Å². The number of halogens is 1. The standard InChI is InChI=1S/C17H22BrNO2/c1-13(20)12-19-10-4-5-11-21-16-9-8-14-6-2-3-7-15(14)17(16)18/h2-3,6-9,13,19-20H,4-5,10-12H2,1H3. The lowest BCUT2D eigenvalue weighted by Gasteiger charge is -2.11. The third-order valence-corrected chi connectivity index (χ3v) is 4.09. The predicted octanol–water partition coefficient (Wildman–Crippen LogP) is 3.73. The van der Waals surface area contributed by atoms with Crippen molar-refractivity contribution in [3.05, 3.63) is 40.9 Å². The molecule has 0 fully saturated rings. The summed E-state index contributed by atoms with van der Waals surface area (Å²) < 4.78 is 6.87. The Balaban J connectivity index is 1.77. The second-order valence-corrected chi connectivity index (χ2v) is 6.00. The summed E-state index contributed by atoms with van der Waals surface area (Å²) in [5, 5.41) is 14.7. The molecule has 0 saturated heterocycles. The molecular weight excluding hydrogens is 330 g/mol. The SMILES string of the molecule is CC(O)CNCCCCOc1ccc2ccccc2c1Br. The Morgan fingerprint density at radius 2 is 2.00 bits per heavy atom. The molecule has 0 heterocycles. The molecule has 0 saturated carbocycles. The topological polar surface area (TPSA) is 41.5 Å². The first-order valence-electron chi connectivity index (χ1n) is 7.37. The molecule has 0 bridgehead atoms. The van der Waals surface area contributed by atoms with E-state index in [4.69, 9.17) is 9.84 Å². The van der Waals surface area contributed by atoms with Gasteiger partial charge in [-0.1, -0.05) is 30.3 Å². The van der Waals surface area contributed by atoms with Gasteiger partial charge in [-0.3, -0.25) is 0 Å². The largest absolute Gasteiger partial charge is 0.492 e. The molecule has 2 rings (SSSR count). The van der Waals surface area contributed by atoms with Gasteiger partial charge in [-0.25, -0.2) is 0 Å². The fraction of sp³-hybridized carbons (Fsp3) is 0.412. The van der Waals surface area contributed by atoms with Crippen molar-refractivity contribution in [1.82, 2.24) is 5.32 Å². The number of nitrogens with one attached hydrogen (secondary N) is 1. The van der Waals surface area contributed by atoms with Crippen molar-refractivity contribution in [2.45, 2.75) is 25.9 Å². The van der Waals surface area contributed by atoms with Gasteiger partial charge in [-0.15, -0.1) is 0 Å².